The molecule has 0 aliphatic carbocycles. The zero-order valence-electron chi connectivity index (χ0n) is 15.1. The van der Waals surface area contributed by atoms with E-state index in [1.54, 1.807) is 24.3 Å². The van der Waals surface area contributed by atoms with Crippen LogP contribution < -0.4 is 4.90 Å². The third-order valence-corrected chi connectivity index (χ3v) is 5.31. The molecule has 1 aromatic heterocycles. The van der Waals surface area contributed by atoms with Gasteiger partial charge in [0.25, 0.3) is 5.69 Å². The first kappa shape index (κ1) is 17.7. The third-order valence-electron chi connectivity index (χ3n) is 5.31. The van der Waals surface area contributed by atoms with Gasteiger partial charge in [0.05, 0.1) is 16.3 Å². The van der Waals surface area contributed by atoms with Crippen LogP contribution in [0.5, 0.6) is 0 Å². The summed E-state index contributed by atoms with van der Waals surface area (Å²) in [5.41, 5.74) is 0.729. The van der Waals surface area contributed by atoms with Crippen molar-refractivity contribution in [2.75, 3.05) is 18.5 Å². The molecular formula is C19H16N4O5. The molecule has 1 aliphatic heterocycles. The van der Waals surface area contributed by atoms with E-state index >= 15 is 0 Å². The Morgan fingerprint density at radius 3 is 2.39 bits per heavy atom. The molecule has 0 spiro atoms. The number of non-ortho nitro benzene ring substituents is 1. The fraction of sp³-hybridized carbons (Fsp3) is 0.211. The van der Waals surface area contributed by atoms with Crippen LogP contribution in [0.15, 0.2) is 42.5 Å². The van der Waals surface area contributed by atoms with Crippen LogP contribution in [-0.4, -0.2) is 34.3 Å². The van der Waals surface area contributed by atoms with Crippen LogP contribution in [0, 0.1) is 20.2 Å². The predicted molar refractivity (Wildman–Crippen MR) is 103 cm³/mol. The van der Waals surface area contributed by atoms with E-state index in [2.05, 4.69) is 4.98 Å². The number of aromatic amines is 1. The van der Waals surface area contributed by atoms with Gasteiger partial charge in [0, 0.05) is 29.0 Å². The smallest absolute Gasteiger partial charge is 0.293 e. The number of likely N-dealkylation sites (N-methyl/N-ethyl adjacent to an activating group) is 1. The van der Waals surface area contributed by atoms with Crippen molar-refractivity contribution in [2.45, 2.75) is 12.3 Å². The first-order chi connectivity index (χ1) is 13.3. The topological polar surface area (TPSA) is 122 Å². The van der Waals surface area contributed by atoms with Gasteiger partial charge in [-0.1, -0.05) is 30.3 Å². The Hall–Kier alpha value is -3.75. The molecule has 0 saturated heterocycles. The summed E-state index contributed by atoms with van der Waals surface area (Å²) in [7, 11) is 1.53. The van der Waals surface area contributed by atoms with Crippen LogP contribution in [-0.2, 0) is 10.2 Å². The Morgan fingerprint density at radius 1 is 1.11 bits per heavy atom. The van der Waals surface area contributed by atoms with Gasteiger partial charge in [-0.2, -0.15) is 0 Å². The molecule has 1 unspecified atom stereocenters. The number of hydrogen-bond acceptors (Lipinski definition) is 5. The van der Waals surface area contributed by atoms with Crippen LogP contribution >= 0.6 is 0 Å². The van der Waals surface area contributed by atoms with Crippen molar-refractivity contribution in [2.24, 2.45) is 0 Å². The molecule has 1 amide bonds. The zero-order valence-corrected chi connectivity index (χ0v) is 15.1. The van der Waals surface area contributed by atoms with Crippen molar-refractivity contribution in [3.8, 4) is 11.3 Å². The molecule has 0 bridgehead atoms. The second-order valence-electron chi connectivity index (χ2n) is 7.04. The zero-order chi connectivity index (χ0) is 20.2. The number of nitrogens with zero attached hydrogens (tertiary/aromatic N) is 3. The molecule has 0 saturated carbocycles. The van der Waals surface area contributed by atoms with Gasteiger partial charge in [0.2, 0.25) is 12.5 Å². The second kappa shape index (κ2) is 5.88. The summed E-state index contributed by atoms with van der Waals surface area (Å²) in [5.74, 6) is -0.427. The number of benzene rings is 2. The summed E-state index contributed by atoms with van der Waals surface area (Å²) < 4.78 is 0. The number of aromatic nitrogens is 1. The maximum atomic E-state index is 13.2. The lowest BCUT2D eigenvalue weighted by Crippen LogP contribution is -2.50. The average molecular weight is 380 g/mol. The summed E-state index contributed by atoms with van der Waals surface area (Å²) in [6, 6.07) is 11.8. The first-order valence-corrected chi connectivity index (χ1v) is 8.54. The number of hydrogen-bond donors (Lipinski definition) is 1. The monoisotopic (exact) mass is 380 g/mol. The molecule has 0 radical (unpaired) electrons. The van der Waals surface area contributed by atoms with Crippen molar-refractivity contribution < 1.29 is 14.6 Å². The lowest BCUT2D eigenvalue weighted by atomic mass is 9.75. The minimum absolute atomic E-state index is 0.145. The highest BCUT2D eigenvalue weighted by atomic mass is 16.6. The Morgan fingerprint density at radius 2 is 1.79 bits per heavy atom. The van der Waals surface area contributed by atoms with Crippen LogP contribution in [0.4, 0.5) is 11.4 Å². The van der Waals surface area contributed by atoms with Crippen LogP contribution in [0.25, 0.3) is 22.2 Å². The molecule has 3 aromatic rings. The van der Waals surface area contributed by atoms with E-state index in [1.165, 1.54) is 31.0 Å². The Balaban J connectivity index is 2.19. The van der Waals surface area contributed by atoms with Gasteiger partial charge in [-0.05, 0) is 18.6 Å². The number of H-pyrrole nitrogens is 1. The standard InChI is InChI=1S/C19H16N4O5/c1-19(10-22(25)26)15-14-12(21(2)18(19)24)8-9-13(23(27)28)17(14)20-16(15)11-6-4-3-5-7-11/h3-9,20H,10H2,1-2H3. The minimum atomic E-state index is -1.47. The number of nitrogens with one attached hydrogen (secondary N) is 1. The molecule has 9 nitrogen and oxygen atoms in total. The summed E-state index contributed by atoms with van der Waals surface area (Å²) >= 11 is 0. The third kappa shape index (κ3) is 2.29. The maximum Gasteiger partial charge on any atom is 0.293 e. The Labute approximate surface area is 158 Å². The average Bonchev–Trinajstić information content (AvgIpc) is 3.06. The van der Waals surface area contributed by atoms with E-state index in [0.717, 1.165) is 0 Å². The number of rotatable bonds is 4. The van der Waals surface area contributed by atoms with E-state index in [0.29, 0.717) is 27.9 Å². The van der Waals surface area contributed by atoms with Gasteiger partial charge >= 0.3 is 0 Å². The molecule has 2 heterocycles. The number of nitro groups is 2. The van der Waals surface area contributed by atoms with Crippen molar-refractivity contribution >= 4 is 28.2 Å². The molecule has 1 atom stereocenters. The van der Waals surface area contributed by atoms with Crippen molar-refractivity contribution in [3.05, 3.63) is 68.3 Å². The van der Waals surface area contributed by atoms with E-state index in [-0.39, 0.29) is 11.2 Å². The lowest BCUT2D eigenvalue weighted by Gasteiger charge is -2.35. The molecule has 2 aromatic carbocycles. The highest BCUT2D eigenvalue weighted by molar-refractivity contribution is 6.18. The summed E-state index contributed by atoms with van der Waals surface area (Å²) in [6.07, 6.45) is 0. The van der Waals surface area contributed by atoms with Crippen molar-refractivity contribution in [3.63, 3.8) is 0 Å². The van der Waals surface area contributed by atoms with E-state index in [9.17, 15) is 25.0 Å². The number of carbonyl (C=O) groups is 1. The summed E-state index contributed by atoms with van der Waals surface area (Å²) in [5, 5.41) is 23.5. The number of carbonyl (C=O) groups excluding carboxylic acids is 1. The normalized spacial score (nSPS) is 18.5. The van der Waals surface area contributed by atoms with E-state index in [4.69, 9.17) is 0 Å². The number of nitro benzene ring substituents is 1. The highest BCUT2D eigenvalue weighted by Crippen LogP contribution is 2.49. The van der Waals surface area contributed by atoms with Gasteiger partial charge in [0.1, 0.15) is 10.9 Å². The molecule has 28 heavy (non-hydrogen) atoms. The predicted octanol–water partition coefficient (Wildman–Crippen LogP) is 3.25. The van der Waals surface area contributed by atoms with Crippen LogP contribution in [0.3, 0.4) is 0 Å². The highest BCUT2D eigenvalue weighted by Gasteiger charge is 2.50. The van der Waals surface area contributed by atoms with Gasteiger partial charge < -0.3 is 9.88 Å². The van der Waals surface area contributed by atoms with E-state index < -0.39 is 27.7 Å². The molecule has 142 valence electrons. The molecule has 1 aliphatic rings. The fourth-order valence-electron chi connectivity index (χ4n) is 4.07. The summed E-state index contributed by atoms with van der Waals surface area (Å²) in [6.45, 7) is 0.899. The van der Waals surface area contributed by atoms with Crippen LogP contribution in [0.1, 0.15) is 12.5 Å². The van der Waals surface area contributed by atoms with Crippen LogP contribution in [0.2, 0.25) is 0 Å². The lowest BCUT2D eigenvalue weighted by molar-refractivity contribution is -0.487. The summed E-state index contributed by atoms with van der Waals surface area (Å²) in [4.78, 5) is 39.5. The quantitative estimate of drug-likeness (QED) is 0.550. The second-order valence-corrected chi connectivity index (χ2v) is 7.04. The fourth-order valence-corrected chi connectivity index (χ4v) is 4.07. The molecule has 4 rings (SSSR count). The van der Waals surface area contributed by atoms with Crippen molar-refractivity contribution in [1.29, 1.82) is 0 Å². The largest absolute Gasteiger partial charge is 0.349 e. The van der Waals surface area contributed by atoms with Gasteiger partial charge in [-0.3, -0.25) is 25.0 Å². The Kier molecular flexibility index (Phi) is 3.71. The molecule has 1 N–H and O–H groups in total. The molecule has 0 fully saturated rings. The van der Waals surface area contributed by atoms with Gasteiger partial charge in [0.15, 0.2) is 0 Å². The maximum absolute atomic E-state index is 13.2. The van der Waals surface area contributed by atoms with Gasteiger partial charge in [-0.15, -0.1) is 0 Å². The van der Waals surface area contributed by atoms with E-state index in [1.807, 2.05) is 6.07 Å². The minimum Gasteiger partial charge on any atom is -0.349 e. The SMILES string of the molecule is CN1C(=O)C(C)(C[N+](=O)[O-])c2c(-c3ccccc3)[nH]c3c([N+](=O)[O-])ccc1c23. The Bertz CT molecular complexity index is 1150. The number of amides is 1. The first-order valence-electron chi connectivity index (χ1n) is 8.54. The number of anilines is 1. The van der Waals surface area contributed by atoms with Gasteiger partial charge in [-0.25, -0.2) is 0 Å². The van der Waals surface area contributed by atoms with Crippen molar-refractivity contribution in [1.82, 2.24) is 4.98 Å². The molecular weight excluding hydrogens is 364 g/mol. The molecule has 9 heteroatoms.